The summed E-state index contributed by atoms with van der Waals surface area (Å²) >= 11 is 0. The fourth-order valence-electron chi connectivity index (χ4n) is 0.880. The quantitative estimate of drug-likeness (QED) is 0.637. The number of aldehydes is 1. The van der Waals surface area contributed by atoms with Crippen molar-refractivity contribution in [3.63, 3.8) is 0 Å². The molecule has 0 saturated carbocycles. The predicted molar refractivity (Wildman–Crippen MR) is 39.2 cm³/mol. The maximum atomic E-state index is 12.7. The molecule has 0 bridgehead atoms. The molecule has 0 aliphatic carbocycles. The molecule has 0 amide bonds. The zero-order chi connectivity index (χ0) is 9.19. The lowest BCUT2D eigenvalue weighted by atomic mass is 10.1. The minimum atomic E-state index is -3.06. The van der Waals surface area contributed by atoms with Crippen molar-refractivity contribution in [2.45, 2.75) is 12.8 Å². The number of hydrogen-bond acceptors (Lipinski definition) is 2. The van der Waals surface area contributed by atoms with Crippen LogP contribution in [0.25, 0.3) is 0 Å². The second kappa shape index (κ2) is 2.97. The van der Waals surface area contributed by atoms with Crippen LogP contribution in [-0.4, -0.2) is 11.3 Å². The summed E-state index contributed by atoms with van der Waals surface area (Å²) < 4.78 is 25.4. The number of hydrogen-bond donors (Lipinski definition) is 0. The molecule has 0 spiro atoms. The van der Waals surface area contributed by atoms with E-state index in [4.69, 9.17) is 0 Å². The van der Waals surface area contributed by atoms with Gasteiger partial charge in [0.1, 0.15) is 5.69 Å². The van der Waals surface area contributed by atoms with E-state index in [1.54, 1.807) is 0 Å². The van der Waals surface area contributed by atoms with Crippen LogP contribution in [0, 0.1) is 0 Å². The maximum absolute atomic E-state index is 12.7. The lowest BCUT2D eigenvalue weighted by molar-refractivity contribution is 0.0120. The molecule has 0 aromatic carbocycles. The standard InChI is InChI=1S/C8H7F2NO/c1-8(9,10)7-6(5-12)3-2-4-11-7/h2-5H,1H3. The molecule has 0 radical (unpaired) electrons. The Morgan fingerprint density at radius 1 is 1.58 bits per heavy atom. The maximum Gasteiger partial charge on any atom is 0.287 e. The van der Waals surface area contributed by atoms with Gasteiger partial charge in [-0.1, -0.05) is 0 Å². The van der Waals surface area contributed by atoms with Gasteiger partial charge in [-0.15, -0.1) is 0 Å². The van der Waals surface area contributed by atoms with Gasteiger partial charge in [-0.2, -0.15) is 8.78 Å². The number of pyridine rings is 1. The first-order valence-electron chi connectivity index (χ1n) is 3.34. The molecule has 4 heteroatoms. The number of alkyl halides is 2. The number of carbonyl (C=O) groups excluding carboxylic acids is 1. The van der Waals surface area contributed by atoms with Crippen LogP contribution in [0.3, 0.4) is 0 Å². The van der Waals surface area contributed by atoms with Gasteiger partial charge in [-0.3, -0.25) is 9.78 Å². The largest absolute Gasteiger partial charge is 0.298 e. The van der Waals surface area contributed by atoms with E-state index >= 15 is 0 Å². The average molecular weight is 171 g/mol. The normalized spacial score (nSPS) is 11.2. The third-order valence-electron chi connectivity index (χ3n) is 1.38. The number of aromatic nitrogens is 1. The van der Waals surface area contributed by atoms with Crippen molar-refractivity contribution in [3.8, 4) is 0 Å². The number of nitrogens with zero attached hydrogens (tertiary/aromatic N) is 1. The first-order valence-corrected chi connectivity index (χ1v) is 3.34. The molecular weight excluding hydrogens is 164 g/mol. The fourth-order valence-corrected chi connectivity index (χ4v) is 0.880. The summed E-state index contributed by atoms with van der Waals surface area (Å²) in [7, 11) is 0. The van der Waals surface area contributed by atoms with E-state index in [-0.39, 0.29) is 5.56 Å². The molecule has 0 aliphatic heterocycles. The van der Waals surface area contributed by atoms with Crippen LogP contribution >= 0.6 is 0 Å². The first kappa shape index (κ1) is 8.77. The minimum absolute atomic E-state index is 0.0648. The molecule has 1 heterocycles. The van der Waals surface area contributed by atoms with Gasteiger partial charge in [0.2, 0.25) is 0 Å². The Morgan fingerprint density at radius 2 is 2.25 bits per heavy atom. The zero-order valence-electron chi connectivity index (χ0n) is 6.42. The third-order valence-corrected chi connectivity index (χ3v) is 1.38. The SMILES string of the molecule is CC(F)(F)c1ncccc1C=O. The van der Waals surface area contributed by atoms with Crippen molar-refractivity contribution in [1.82, 2.24) is 4.98 Å². The van der Waals surface area contributed by atoms with Crippen LogP contribution in [-0.2, 0) is 5.92 Å². The molecule has 0 N–H and O–H groups in total. The molecule has 1 rings (SSSR count). The highest BCUT2D eigenvalue weighted by molar-refractivity contribution is 5.76. The van der Waals surface area contributed by atoms with Crippen molar-refractivity contribution in [2.75, 3.05) is 0 Å². The molecule has 1 aromatic rings. The predicted octanol–water partition coefficient (Wildman–Crippen LogP) is 2.01. The lowest BCUT2D eigenvalue weighted by Crippen LogP contribution is -2.12. The van der Waals surface area contributed by atoms with Crippen LogP contribution < -0.4 is 0 Å². The summed E-state index contributed by atoms with van der Waals surface area (Å²) in [6, 6.07) is 2.76. The van der Waals surface area contributed by atoms with Crippen LogP contribution in [0.1, 0.15) is 23.0 Å². The Bertz CT molecular complexity index is 293. The van der Waals surface area contributed by atoms with E-state index in [2.05, 4.69) is 4.98 Å². The summed E-state index contributed by atoms with van der Waals surface area (Å²) in [6.07, 6.45) is 1.61. The topological polar surface area (TPSA) is 30.0 Å². The van der Waals surface area contributed by atoms with E-state index in [1.807, 2.05) is 0 Å². The molecule has 0 aliphatic rings. The summed E-state index contributed by atoms with van der Waals surface area (Å²) in [5.41, 5.74) is -0.537. The number of halogens is 2. The molecule has 1 aromatic heterocycles. The second-order valence-corrected chi connectivity index (χ2v) is 2.45. The molecule has 12 heavy (non-hydrogen) atoms. The monoisotopic (exact) mass is 171 g/mol. The van der Waals surface area contributed by atoms with Crippen LogP contribution in [0.4, 0.5) is 8.78 Å². The van der Waals surface area contributed by atoms with Crippen LogP contribution in [0.5, 0.6) is 0 Å². The van der Waals surface area contributed by atoms with E-state index in [0.29, 0.717) is 13.2 Å². The molecular formula is C8H7F2NO. The second-order valence-electron chi connectivity index (χ2n) is 2.45. The van der Waals surface area contributed by atoms with Crippen molar-refractivity contribution in [3.05, 3.63) is 29.6 Å². The number of rotatable bonds is 2. The molecule has 0 atom stereocenters. The van der Waals surface area contributed by atoms with Crippen LogP contribution in [0.2, 0.25) is 0 Å². The summed E-state index contributed by atoms with van der Waals surface area (Å²) in [5, 5.41) is 0. The van der Waals surface area contributed by atoms with Gasteiger partial charge in [0.05, 0.1) is 0 Å². The molecule has 0 fully saturated rings. The Kier molecular flexibility index (Phi) is 2.17. The van der Waals surface area contributed by atoms with Crippen molar-refractivity contribution < 1.29 is 13.6 Å². The van der Waals surface area contributed by atoms with Crippen molar-refractivity contribution >= 4 is 6.29 Å². The van der Waals surface area contributed by atoms with E-state index < -0.39 is 11.6 Å². The Morgan fingerprint density at radius 3 is 2.67 bits per heavy atom. The fraction of sp³-hybridized carbons (Fsp3) is 0.250. The highest BCUT2D eigenvalue weighted by Crippen LogP contribution is 2.26. The highest BCUT2D eigenvalue weighted by atomic mass is 19.3. The Hall–Kier alpha value is -1.32. The van der Waals surface area contributed by atoms with E-state index in [9.17, 15) is 13.6 Å². The van der Waals surface area contributed by atoms with Gasteiger partial charge < -0.3 is 0 Å². The Balaban J connectivity index is 3.23. The van der Waals surface area contributed by atoms with Gasteiger partial charge in [-0.25, -0.2) is 0 Å². The zero-order valence-corrected chi connectivity index (χ0v) is 6.42. The number of carbonyl (C=O) groups is 1. The molecule has 64 valence electrons. The molecule has 2 nitrogen and oxygen atoms in total. The van der Waals surface area contributed by atoms with Gasteiger partial charge in [0.25, 0.3) is 5.92 Å². The van der Waals surface area contributed by atoms with Gasteiger partial charge in [0, 0.05) is 18.7 Å². The lowest BCUT2D eigenvalue weighted by Gasteiger charge is -2.10. The summed E-state index contributed by atoms with van der Waals surface area (Å²) in [4.78, 5) is 13.7. The van der Waals surface area contributed by atoms with Gasteiger partial charge in [-0.05, 0) is 12.1 Å². The highest BCUT2D eigenvalue weighted by Gasteiger charge is 2.28. The average Bonchev–Trinajstić information content (AvgIpc) is 2.03. The van der Waals surface area contributed by atoms with E-state index in [0.717, 1.165) is 0 Å². The minimum Gasteiger partial charge on any atom is -0.298 e. The third kappa shape index (κ3) is 1.64. The van der Waals surface area contributed by atoms with Gasteiger partial charge >= 0.3 is 0 Å². The van der Waals surface area contributed by atoms with Crippen molar-refractivity contribution in [2.24, 2.45) is 0 Å². The van der Waals surface area contributed by atoms with Gasteiger partial charge in [0.15, 0.2) is 6.29 Å². The molecule has 0 unspecified atom stereocenters. The smallest absolute Gasteiger partial charge is 0.287 e. The Labute approximate surface area is 68.2 Å². The van der Waals surface area contributed by atoms with Crippen LogP contribution in [0.15, 0.2) is 18.3 Å². The summed E-state index contributed by atoms with van der Waals surface area (Å²) in [6.45, 7) is 0.711. The molecule has 0 saturated heterocycles. The summed E-state index contributed by atoms with van der Waals surface area (Å²) in [5.74, 6) is -3.06. The first-order chi connectivity index (χ1) is 5.55. The van der Waals surface area contributed by atoms with E-state index in [1.165, 1.54) is 18.3 Å². The van der Waals surface area contributed by atoms with Crippen molar-refractivity contribution in [1.29, 1.82) is 0 Å².